The number of hydrogen-bond donors (Lipinski definition) is 1. The zero-order chi connectivity index (χ0) is 14.0. The summed E-state index contributed by atoms with van der Waals surface area (Å²) in [5.74, 6) is -0.181. The second-order valence-electron chi connectivity index (χ2n) is 4.42. The zero-order valence-electron chi connectivity index (χ0n) is 11.0. The summed E-state index contributed by atoms with van der Waals surface area (Å²) in [6.45, 7) is 5.58. The first-order chi connectivity index (χ1) is 8.97. The quantitative estimate of drug-likeness (QED) is 0.922. The normalized spacial score (nSPS) is 10.3. The van der Waals surface area contributed by atoms with Crippen molar-refractivity contribution in [3.05, 3.63) is 51.3 Å². The molecule has 0 bridgehead atoms. The van der Waals surface area contributed by atoms with Gasteiger partial charge in [0.2, 0.25) is 0 Å². The minimum absolute atomic E-state index is 0.181. The van der Waals surface area contributed by atoms with Crippen LogP contribution in [0, 0.1) is 20.8 Å². The van der Waals surface area contributed by atoms with Crippen molar-refractivity contribution in [3.63, 3.8) is 0 Å². The van der Waals surface area contributed by atoms with Gasteiger partial charge in [-0.25, -0.2) is 0 Å². The van der Waals surface area contributed by atoms with Gasteiger partial charge in [0.25, 0.3) is 5.91 Å². The van der Waals surface area contributed by atoms with Crippen LogP contribution in [0.15, 0.2) is 28.7 Å². The molecular weight excluding hydrogens is 306 g/mol. The number of aryl methyl sites for hydroxylation is 3. The van der Waals surface area contributed by atoms with Crippen LogP contribution < -0.4 is 5.32 Å². The number of nitrogens with one attached hydrogen (secondary N) is 1. The van der Waals surface area contributed by atoms with Crippen LogP contribution in [0.5, 0.6) is 0 Å². The molecule has 0 radical (unpaired) electrons. The summed E-state index contributed by atoms with van der Waals surface area (Å²) in [5.41, 5.74) is 3.75. The SMILES string of the molecule is Cc1ccc(NC(=O)c2cc(C)nnc2C)c(Br)c1. The molecule has 0 spiro atoms. The van der Waals surface area contributed by atoms with Crippen molar-refractivity contribution < 1.29 is 4.79 Å². The van der Waals surface area contributed by atoms with E-state index in [0.717, 1.165) is 21.4 Å². The van der Waals surface area contributed by atoms with E-state index in [9.17, 15) is 4.79 Å². The van der Waals surface area contributed by atoms with Crippen LogP contribution >= 0.6 is 15.9 Å². The van der Waals surface area contributed by atoms with E-state index < -0.39 is 0 Å². The Hall–Kier alpha value is -1.75. The molecule has 19 heavy (non-hydrogen) atoms. The van der Waals surface area contributed by atoms with Crippen molar-refractivity contribution >= 4 is 27.5 Å². The summed E-state index contributed by atoms with van der Waals surface area (Å²) < 4.78 is 0.859. The average Bonchev–Trinajstić information content (AvgIpc) is 2.35. The van der Waals surface area contributed by atoms with Crippen LogP contribution in [0.25, 0.3) is 0 Å². The van der Waals surface area contributed by atoms with Crippen LogP contribution in [0.4, 0.5) is 5.69 Å². The summed E-state index contributed by atoms with van der Waals surface area (Å²) in [7, 11) is 0. The van der Waals surface area contributed by atoms with Gasteiger partial charge in [-0.2, -0.15) is 10.2 Å². The molecule has 4 nitrogen and oxygen atoms in total. The second-order valence-corrected chi connectivity index (χ2v) is 5.28. The molecule has 0 unspecified atom stereocenters. The molecule has 0 aliphatic rings. The third-order valence-corrected chi connectivity index (χ3v) is 3.37. The van der Waals surface area contributed by atoms with E-state index in [4.69, 9.17) is 0 Å². The fourth-order valence-corrected chi connectivity index (χ4v) is 2.28. The predicted octanol–water partition coefficient (Wildman–Crippen LogP) is 3.42. The third kappa shape index (κ3) is 3.17. The van der Waals surface area contributed by atoms with E-state index in [2.05, 4.69) is 31.4 Å². The number of rotatable bonds is 2. The number of nitrogens with zero attached hydrogens (tertiary/aromatic N) is 2. The summed E-state index contributed by atoms with van der Waals surface area (Å²) in [6.07, 6.45) is 0. The number of hydrogen-bond acceptors (Lipinski definition) is 3. The number of amides is 1. The highest BCUT2D eigenvalue weighted by Crippen LogP contribution is 2.24. The summed E-state index contributed by atoms with van der Waals surface area (Å²) in [4.78, 5) is 12.2. The lowest BCUT2D eigenvalue weighted by atomic mass is 10.1. The topological polar surface area (TPSA) is 54.9 Å². The van der Waals surface area contributed by atoms with Crippen LogP contribution in [0.1, 0.15) is 27.3 Å². The largest absolute Gasteiger partial charge is 0.321 e. The van der Waals surface area contributed by atoms with Gasteiger partial charge in [0.05, 0.1) is 22.6 Å². The number of carbonyl (C=O) groups is 1. The van der Waals surface area contributed by atoms with Crippen molar-refractivity contribution in [1.29, 1.82) is 0 Å². The fraction of sp³-hybridized carbons (Fsp3) is 0.214. The fourth-order valence-electron chi connectivity index (χ4n) is 1.69. The Morgan fingerprint density at radius 2 is 1.89 bits per heavy atom. The van der Waals surface area contributed by atoms with Crippen LogP contribution in [-0.2, 0) is 0 Å². The lowest BCUT2D eigenvalue weighted by Gasteiger charge is -2.09. The van der Waals surface area contributed by atoms with Gasteiger partial charge >= 0.3 is 0 Å². The smallest absolute Gasteiger partial charge is 0.257 e. The molecule has 2 aromatic rings. The van der Waals surface area contributed by atoms with Crippen LogP contribution in [-0.4, -0.2) is 16.1 Å². The zero-order valence-corrected chi connectivity index (χ0v) is 12.6. The van der Waals surface area contributed by atoms with Crippen LogP contribution in [0.2, 0.25) is 0 Å². The Bertz CT molecular complexity index is 641. The molecule has 0 saturated heterocycles. The number of carbonyl (C=O) groups excluding carboxylic acids is 1. The summed E-state index contributed by atoms with van der Waals surface area (Å²) >= 11 is 3.44. The number of aromatic nitrogens is 2. The Kier molecular flexibility index (Phi) is 3.95. The first-order valence-electron chi connectivity index (χ1n) is 5.86. The molecule has 0 aliphatic carbocycles. The minimum atomic E-state index is -0.181. The lowest BCUT2D eigenvalue weighted by Crippen LogP contribution is -2.15. The lowest BCUT2D eigenvalue weighted by molar-refractivity contribution is 0.102. The van der Waals surface area contributed by atoms with Crippen LogP contribution in [0.3, 0.4) is 0 Å². The summed E-state index contributed by atoms with van der Waals surface area (Å²) in [6, 6.07) is 7.51. The van der Waals surface area contributed by atoms with Gasteiger partial charge in [-0.1, -0.05) is 6.07 Å². The Morgan fingerprint density at radius 1 is 1.16 bits per heavy atom. The highest BCUT2D eigenvalue weighted by atomic mass is 79.9. The van der Waals surface area contributed by atoms with E-state index in [1.54, 1.807) is 13.0 Å². The van der Waals surface area contributed by atoms with Gasteiger partial charge in [0, 0.05) is 4.47 Å². The number of halogens is 1. The Balaban J connectivity index is 2.28. The van der Waals surface area contributed by atoms with Gasteiger partial charge in [-0.3, -0.25) is 4.79 Å². The number of benzene rings is 1. The first-order valence-corrected chi connectivity index (χ1v) is 6.65. The van der Waals surface area contributed by atoms with E-state index in [1.165, 1.54) is 0 Å². The molecule has 1 amide bonds. The van der Waals surface area contributed by atoms with Crippen molar-refractivity contribution in [2.75, 3.05) is 5.32 Å². The first kappa shape index (κ1) is 13.7. The van der Waals surface area contributed by atoms with Gasteiger partial charge < -0.3 is 5.32 Å². The Labute approximate surface area is 120 Å². The molecule has 98 valence electrons. The predicted molar refractivity (Wildman–Crippen MR) is 78.3 cm³/mol. The standard InChI is InChI=1S/C14H14BrN3O/c1-8-4-5-13(12(15)6-8)16-14(19)11-7-9(2)17-18-10(11)3/h4-7H,1-3H3,(H,16,19). The highest BCUT2D eigenvalue weighted by molar-refractivity contribution is 9.10. The molecule has 2 rings (SSSR count). The second kappa shape index (κ2) is 5.48. The third-order valence-electron chi connectivity index (χ3n) is 2.72. The van der Waals surface area contributed by atoms with E-state index in [-0.39, 0.29) is 5.91 Å². The maximum atomic E-state index is 12.2. The van der Waals surface area contributed by atoms with E-state index in [1.807, 2.05) is 32.0 Å². The van der Waals surface area contributed by atoms with Gasteiger partial charge in [0.15, 0.2) is 0 Å². The highest BCUT2D eigenvalue weighted by Gasteiger charge is 2.12. The van der Waals surface area contributed by atoms with Gasteiger partial charge in [-0.15, -0.1) is 0 Å². The van der Waals surface area contributed by atoms with Crippen molar-refractivity contribution in [1.82, 2.24) is 10.2 Å². The molecule has 1 aromatic heterocycles. The van der Waals surface area contributed by atoms with E-state index in [0.29, 0.717) is 11.3 Å². The molecular formula is C14H14BrN3O. The molecule has 1 aromatic carbocycles. The average molecular weight is 320 g/mol. The van der Waals surface area contributed by atoms with E-state index >= 15 is 0 Å². The van der Waals surface area contributed by atoms with Crippen molar-refractivity contribution in [3.8, 4) is 0 Å². The minimum Gasteiger partial charge on any atom is -0.321 e. The van der Waals surface area contributed by atoms with Crippen molar-refractivity contribution in [2.24, 2.45) is 0 Å². The Morgan fingerprint density at radius 3 is 2.58 bits per heavy atom. The maximum absolute atomic E-state index is 12.2. The summed E-state index contributed by atoms with van der Waals surface area (Å²) in [5, 5.41) is 10.7. The molecule has 0 atom stereocenters. The molecule has 5 heteroatoms. The molecule has 0 aliphatic heterocycles. The monoisotopic (exact) mass is 319 g/mol. The molecule has 0 fully saturated rings. The number of anilines is 1. The maximum Gasteiger partial charge on any atom is 0.257 e. The molecule has 1 N–H and O–H groups in total. The van der Waals surface area contributed by atoms with Gasteiger partial charge in [0.1, 0.15) is 0 Å². The molecule has 1 heterocycles. The van der Waals surface area contributed by atoms with Gasteiger partial charge in [-0.05, 0) is 60.5 Å². The van der Waals surface area contributed by atoms with Crippen molar-refractivity contribution in [2.45, 2.75) is 20.8 Å². The molecule has 0 saturated carbocycles.